The molecule has 3 rings (SSSR count). The molecule has 2 aliphatic heterocycles. The second kappa shape index (κ2) is 5.26. The van der Waals surface area contributed by atoms with Crippen LogP contribution < -0.4 is 5.32 Å². The summed E-state index contributed by atoms with van der Waals surface area (Å²) in [5, 5.41) is 3.68. The van der Waals surface area contributed by atoms with Gasteiger partial charge in [0.15, 0.2) is 0 Å². The first-order valence-electron chi connectivity index (χ1n) is 7.21. The zero-order valence-corrected chi connectivity index (χ0v) is 12.1. The third-order valence-corrected chi connectivity index (χ3v) is 5.63. The summed E-state index contributed by atoms with van der Waals surface area (Å²) in [6.07, 6.45) is 5.30. The zero-order valence-electron chi connectivity index (χ0n) is 11.2. The van der Waals surface area contributed by atoms with Crippen molar-refractivity contribution < 1.29 is 0 Å². The highest BCUT2D eigenvalue weighted by atomic mass is 32.2. The van der Waals surface area contributed by atoms with Crippen LogP contribution in [-0.4, -0.2) is 18.1 Å². The first-order chi connectivity index (χ1) is 8.78. The molecular weight excluding hydrogens is 238 g/mol. The van der Waals surface area contributed by atoms with E-state index < -0.39 is 0 Å². The normalized spacial score (nSPS) is 29.6. The summed E-state index contributed by atoms with van der Waals surface area (Å²) < 4.78 is 0. The molecule has 2 fully saturated rings. The van der Waals surface area contributed by atoms with Crippen LogP contribution in [0.5, 0.6) is 0 Å². The second-order valence-electron chi connectivity index (χ2n) is 5.87. The highest BCUT2D eigenvalue weighted by Crippen LogP contribution is 2.35. The number of rotatable bonds is 2. The Bertz CT molecular complexity index is 403. The molecule has 1 N–H and O–H groups in total. The number of thioether (sulfide) groups is 1. The van der Waals surface area contributed by atoms with Gasteiger partial charge in [0.25, 0.3) is 0 Å². The molecule has 1 aromatic rings. The van der Waals surface area contributed by atoms with E-state index in [0.29, 0.717) is 0 Å². The van der Waals surface area contributed by atoms with E-state index in [1.807, 2.05) is 0 Å². The molecule has 1 unspecified atom stereocenters. The van der Waals surface area contributed by atoms with E-state index in [-0.39, 0.29) is 5.54 Å². The van der Waals surface area contributed by atoms with Crippen LogP contribution in [0.15, 0.2) is 24.3 Å². The molecule has 2 heteroatoms. The minimum Gasteiger partial charge on any atom is -0.308 e. The quantitative estimate of drug-likeness (QED) is 0.866. The molecule has 2 heterocycles. The third-order valence-electron chi connectivity index (χ3n) is 4.59. The highest BCUT2D eigenvalue weighted by Gasteiger charge is 2.30. The molecule has 0 aromatic heterocycles. The predicted molar refractivity (Wildman–Crippen MR) is 80.3 cm³/mol. The molecule has 98 valence electrons. The Morgan fingerprint density at radius 2 is 2.11 bits per heavy atom. The molecule has 0 spiro atoms. The van der Waals surface area contributed by atoms with Gasteiger partial charge in [-0.1, -0.05) is 24.3 Å². The van der Waals surface area contributed by atoms with Gasteiger partial charge in [-0.3, -0.25) is 0 Å². The van der Waals surface area contributed by atoms with Crippen molar-refractivity contribution in [1.82, 2.24) is 5.32 Å². The lowest BCUT2D eigenvalue weighted by Crippen LogP contribution is -2.33. The fourth-order valence-electron chi connectivity index (χ4n) is 3.31. The van der Waals surface area contributed by atoms with Gasteiger partial charge >= 0.3 is 0 Å². The average Bonchev–Trinajstić information content (AvgIpc) is 2.88. The maximum atomic E-state index is 3.68. The topological polar surface area (TPSA) is 12.0 Å². The first kappa shape index (κ1) is 12.6. The van der Waals surface area contributed by atoms with E-state index in [2.05, 4.69) is 48.3 Å². The van der Waals surface area contributed by atoms with Crippen molar-refractivity contribution in [1.29, 1.82) is 0 Å². The van der Waals surface area contributed by atoms with Crippen LogP contribution in [-0.2, 0) is 5.54 Å². The summed E-state index contributed by atoms with van der Waals surface area (Å²) in [4.78, 5) is 0. The maximum Gasteiger partial charge on any atom is 0.0406 e. The monoisotopic (exact) mass is 261 g/mol. The number of benzene rings is 1. The van der Waals surface area contributed by atoms with Crippen LogP contribution >= 0.6 is 11.8 Å². The summed E-state index contributed by atoms with van der Waals surface area (Å²) in [6.45, 7) is 3.52. The number of hydrogen-bond donors (Lipinski definition) is 1. The number of nitrogens with one attached hydrogen (secondary N) is 1. The van der Waals surface area contributed by atoms with Crippen molar-refractivity contribution in [2.45, 2.75) is 44.1 Å². The van der Waals surface area contributed by atoms with Gasteiger partial charge in [-0.25, -0.2) is 0 Å². The van der Waals surface area contributed by atoms with Gasteiger partial charge < -0.3 is 5.32 Å². The van der Waals surface area contributed by atoms with E-state index >= 15 is 0 Å². The van der Waals surface area contributed by atoms with Crippen LogP contribution in [0.3, 0.4) is 0 Å². The first-order valence-corrected chi connectivity index (χ1v) is 8.37. The van der Waals surface area contributed by atoms with Crippen molar-refractivity contribution in [3.8, 4) is 0 Å². The van der Waals surface area contributed by atoms with Crippen LogP contribution in [0, 0.1) is 0 Å². The summed E-state index contributed by atoms with van der Waals surface area (Å²) in [5.41, 5.74) is 3.29. The molecule has 0 bridgehead atoms. The van der Waals surface area contributed by atoms with Gasteiger partial charge in [0, 0.05) is 5.54 Å². The number of hydrogen-bond acceptors (Lipinski definition) is 2. The van der Waals surface area contributed by atoms with Gasteiger partial charge in [0.05, 0.1) is 0 Å². The van der Waals surface area contributed by atoms with Gasteiger partial charge in [0.1, 0.15) is 0 Å². The summed E-state index contributed by atoms with van der Waals surface area (Å²) in [6, 6.07) is 9.37. The van der Waals surface area contributed by atoms with E-state index in [4.69, 9.17) is 0 Å². The maximum absolute atomic E-state index is 3.68. The van der Waals surface area contributed by atoms with E-state index in [1.165, 1.54) is 49.3 Å². The van der Waals surface area contributed by atoms with Crippen molar-refractivity contribution in [2.75, 3.05) is 18.1 Å². The molecule has 2 aliphatic rings. The molecule has 1 aromatic carbocycles. The van der Waals surface area contributed by atoms with Gasteiger partial charge in [-0.15, -0.1) is 0 Å². The summed E-state index contributed by atoms with van der Waals surface area (Å²) >= 11 is 2.11. The van der Waals surface area contributed by atoms with E-state index in [0.717, 1.165) is 5.92 Å². The van der Waals surface area contributed by atoms with Gasteiger partial charge in [-0.2, -0.15) is 11.8 Å². The predicted octanol–water partition coefficient (Wildman–Crippen LogP) is 3.90. The average molecular weight is 261 g/mol. The Kier molecular flexibility index (Phi) is 3.67. The highest BCUT2D eigenvalue weighted by molar-refractivity contribution is 7.99. The molecular formula is C16H23NS. The zero-order chi connectivity index (χ0) is 12.4. The largest absolute Gasteiger partial charge is 0.308 e. The smallest absolute Gasteiger partial charge is 0.0406 e. The second-order valence-corrected chi connectivity index (χ2v) is 7.10. The molecule has 2 saturated heterocycles. The Morgan fingerprint density at radius 3 is 2.83 bits per heavy atom. The van der Waals surface area contributed by atoms with Crippen molar-refractivity contribution in [3.05, 3.63) is 35.4 Å². The van der Waals surface area contributed by atoms with Crippen LogP contribution in [0.2, 0.25) is 0 Å². The molecule has 1 atom stereocenters. The lowest BCUT2D eigenvalue weighted by atomic mass is 9.86. The summed E-state index contributed by atoms with van der Waals surface area (Å²) in [5.74, 6) is 3.48. The van der Waals surface area contributed by atoms with Crippen LogP contribution in [0.1, 0.15) is 49.7 Å². The van der Waals surface area contributed by atoms with Crippen molar-refractivity contribution in [2.24, 2.45) is 0 Å². The molecule has 18 heavy (non-hydrogen) atoms. The Morgan fingerprint density at radius 1 is 1.28 bits per heavy atom. The van der Waals surface area contributed by atoms with Crippen molar-refractivity contribution in [3.63, 3.8) is 0 Å². The van der Waals surface area contributed by atoms with Crippen LogP contribution in [0.25, 0.3) is 0 Å². The lowest BCUT2D eigenvalue weighted by molar-refractivity contribution is 0.433. The minimum absolute atomic E-state index is 0.222. The molecule has 0 aliphatic carbocycles. The van der Waals surface area contributed by atoms with E-state index in [1.54, 1.807) is 5.56 Å². The third kappa shape index (κ3) is 2.46. The Labute approximate surface area is 115 Å². The van der Waals surface area contributed by atoms with Gasteiger partial charge in [0.2, 0.25) is 0 Å². The SMILES string of the molecule is CC1(c2cccc(C3CCSCC3)c2)CCCN1. The minimum atomic E-state index is 0.222. The Hall–Kier alpha value is -0.470. The van der Waals surface area contributed by atoms with Gasteiger partial charge in [-0.05, 0) is 67.7 Å². The lowest BCUT2D eigenvalue weighted by Gasteiger charge is -2.28. The van der Waals surface area contributed by atoms with E-state index in [9.17, 15) is 0 Å². The van der Waals surface area contributed by atoms with Crippen molar-refractivity contribution >= 4 is 11.8 Å². The fraction of sp³-hybridized carbons (Fsp3) is 0.625. The molecule has 0 amide bonds. The standard InChI is InChI=1S/C16H23NS/c1-16(8-3-9-17-16)15-5-2-4-14(12-15)13-6-10-18-11-7-13/h2,4-5,12-13,17H,3,6-11H2,1H3. The molecule has 0 radical (unpaired) electrons. The Balaban J connectivity index is 1.84. The fourth-order valence-corrected chi connectivity index (χ4v) is 4.41. The molecule has 1 nitrogen and oxygen atoms in total. The van der Waals surface area contributed by atoms with Crippen LogP contribution in [0.4, 0.5) is 0 Å². The molecule has 0 saturated carbocycles. The summed E-state index contributed by atoms with van der Waals surface area (Å²) in [7, 11) is 0.